The fraction of sp³-hybridized carbons (Fsp3) is 0.0625. The van der Waals surface area contributed by atoms with Crippen LogP contribution >= 0.6 is 17.0 Å². The maximum absolute atomic E-state index is 5.62. The van der Waals surface area contributed by atoms with Crippen molar-refractivity contribution in [1.29, 1.82) is 0 Å². The van der Waals surface area contributed by atoms with Crippen molar-refractivity contribution in [3.8, 4) is 22.3 Å². The van der Waals surface area contributed by atoms with Gasteiger partial charge in [-0.05, 0) is 11.1 Å². The van der Waals surface area contributed by atoms with Crippen molar-refractivity contribution in [2.75, 3.05) is 0 Å². The maximum atomic E-state index is 5.62. The summed E-state index contributed by atoms with van der Waals surface area (Å²) in [6, 6.07) is 46.9. The molecular weight excluding hydrogens is 575 g/mol. The predicted molar refractivity (Wildman–Crippen MR) is 159 cm³/mol. The van der Waals surface area contributed by atoms with E-state index in [1.165, 1.54) is 43.8 Å². The van der Waals surface area contributed by atoms with Crippen molar-refractivity contribution in [3.63, 3.8) is 0 Å². The van der Waals surface area contributed by atoms with Crippen LogP contribution in [0.25, 0.3) is 43.8 Å². The molecule has 36 heavy (non-hydrogen) atoms. The van der Waals surface area contributed by atoms with Crippen LogP contribution in [-0.2, 0) is 18.0 Å². The normalized spacial score (nSPS) is 10.2. The fourth-order valence-corrected chi connectivity index (χ4v) is 3.87. The summed E-state index contributed by atoms with van der Waals surface area (Å²) in [5.74, 6) is 0. The van der Waals surface area contributed by atoms with Crippen LogP contribution in [0, 0.1) is 0 Å². The second kappa shape index (κ2) is 13.4. The van der Waals surface area contributed by atoms with Crippen LogP contribution in [0.4, 0.5) is 0 Å². The van der Waals surface area contributed by atoms with Crippen LogP contribution in [0.2, 0.25) is 13.1 Å². The second-order valence-electron chi connectivity index (χ2n) is 8.73. The zero-order chi connectivity index (χ0) is 25.3. The summed E-state index contributed by atoms with van der Waals surface area (Å²) in [6.45, 7) is 4.33. The molecule has 0 nitrogen and oxygen atoms in total. The summed E-state index contributed by atoms with van der Waals surface area (Å²) < 4.78 is 0. The van der Waals surface area contributed by atoms with E-state index >= 15 is 0 Å². The Kier molecular flexibility index (Phi) is 9.96. The van der Waals surface area contributed by atoms with Gasteiger partial charge in [0, 0.05) is 0 Å². The van der Waals surface area contributed by atoms with Crippen molar-refractivity contribution in [1.82, 2.24) is 0 Å². The number of rotatable bonds is 2. The van der Waals surface area contributed by atoms with Gasteiger partial charge in [-0.25, -0.2) is 0 Å². The molecule has 6 aromatic rings. The summed E-state index contributed by atoms with van der Waals surface area (Å²) in [5.41, 5.74) is 4.91. The Balaban J connectivity index is 0.000000139. The molecule has 0 aromatic heterocycles. The molecule has 0 unspecified atom stereocenters. The minimum Gasteiger partial charge on any atom is -0.168 e. The number of halogens is 2. The van der Waals surface area contributed by atoms with E-state index in [-0.39, 0.29) is 5.43 Å². The third-order valence-electron chi connectivity index (χ3n) is 5.87. The van der Waals surface area contributed by atoms with Gasteiger partial charge >= 0.3 is 53.5 Å². The number of hydrogen-bond donors (Lipinski definition) is 0. The average molecular weight is 603 g/mol. The maximum Gasteiger partial charge on any atom is -0.0277 e. The van der Waals surface area contributed by atoms with E-state index in [1.54, 1.807) is 0 Å². The molecule has 0 fully saturated rings. The van der Waals surface area contributed by atoms with E-state index in [4.69, 9.17) is 17.0 Å². The van der Waals surface area contributed by atoms with Crippen LogP contribution in [-0.4, -0.2) is 5.43 Å². The van der Waals surface area contributed by atoms with Gasteiger partial charge in [0.15, 0.2) is 0 Å². The van der Waals surface area contributed by atoms with Crippen molar-refractivity contribution in [2.24, 2.45) is 0 Å². The average Bonchev–Trinajstić information content (AvgIpc) is 3.59. The Labute approximate surface area is 229 Å². The SMILES string of the molecule is C[Si](C)=[Zr]([Cl])[Cl].c1ccc(-c2ccc3cc[cH-]c3c2)cc1.c1ccc(-c2ccc3cc[cH-]c3c2)cc1. The van der Waals surface area contributed by atoms with Crippen LogP contribution in [0.1, 0.15) is 0 Å². The number of hydrogen-bond acceptors (Lipinski definition) is 0. The summed E-state index contributed by atoms with van der Waals surface area (Å²) in [6.07, 6.45) is 0. The molecule has 0 amide bonds. The quantitative estimate of drug-likeness (QED) is 0.137. The second-order valence-corrected chi connectivity index (χ2v) is 31.7. The predicted octanol–water partition coefficient (Wildman–Crippen LogP) is 10.6. The van der Waals surface area contributed by atoms with Crippen molar-refractivity contribution < 1.29 is 18.0 Å². The molecule has 0 N–H and O–H groups in total. The Morgan fingerprint density at radius 1 is 0.528 bits per heavy atom. The van der Waals surface area contributed by atoms with Gasteiger partial charge in [-0.15, -0.1) is 57.9 Å². The molecule has 0 bridgehead atoms. The summed E-state index contributed by atoms with van der Waals surface area (Å²) in [7, 11) is 11.2. The third-order valence-corrected chi connectivity index (χ3v) is 25.6. The largest absolute Gasteiger partial charge is 0.168 e. The van der Waals surface area contributed by atoms with Gasteiger partial charge in [0.1, 0.15) is 0 Å². The summed E-state index contributed by atoms with van der Waals surface area (Å²) in [5, 5.41) is 5.26. The van der Waals surface area contributed by atoms with E-state index in [0.29, 0.717) is 0 Å². The van der Waals surface area contributed by atoms with Crippen LogP contribution in [0.3, 0.4) is 0 Å². The molecule has 6 aromatic carbocycles. The number of benzene rings is 4. The first-order chi connectivity index (χ1) is 17.5. The zero-order valence-electron chi connectivity index (χ0n) is 20.5. The van der Waals surface area contributed by atoms with E-state index < -0.39 is 18.0 Å². The summed E-state index contributed by atoms with van der Waals surface area (Å²) >= 11 is -1.65. The van der Waals surface area contributed by atoms with Crippen LogP contribution in [0.15, 0.2) is 133 Å². The summed E-state index contributed by atoms with van der Waals surface area (Å²) in [4.78, 5) is 0. The fourth-order valence-electron chi connectivity index (χ4n) is 3.87. The van der Waals surface area contributed by atoms with Crippen molar-refractivity contribution in [3.05, 3.63) is 133 Å². The van der Waals surface area contributed by atoms with E-state index in [2.05, 4.69) is 134 Å². The molecule has 4 heteroatoms. The monoisotopic (exact) mass is 600 g/mol. The van der Waals surface area contributed by atoms with Gasteiger partial charge in [0.25, 0.3) is 0 Å². The van der Waals surface area contributed by atoms with Crippen LogP contribution in [0.5, 0.6) is 0 Å². The number of fused-ring (bicyclic) bond motifs is 2. The van der Waals surface area contributed by atoms with Gasteiger partial charge in [0.05, 0.1) is 0 Å². The molecule has 0 spiro atoms. The van der Waals surface area contributed by atoms with E-state index in [1.807, 2.05) is 12.1 Å². The van der Waals surface area contributed by atoms with Crippen molar-refractivity contribution in [2.45, 2.75) is 13.1 Å². The zero-order valence-corrected chi connectivity index (χ0v) is 25.4. The molecule has 0 saturated heterocycles. The molecule has 180 valence electrons. The van der Waals surface area contributed by atoms with Gasteiger partial charge < -0.3 is 0 Å². The van der Waals surface area contributed by atoms with E-state index in [9.17, 15) is 0 Å². The Morgan fingerprint density at radius 2 is 0.917 bits per heavy atom. The molecule has 0 heterocycles. The van der Waals surface area contributed by atoms with Gasteiger partial charge in [-0.3, -0.25) is 0 Å². The Bertz CT molecular complexity index is 1440. The third kappa shape index (κ3) is 7.40. The molecule has 0 saturated carbocycles. The molecule has 0 radical (unpaired) electrons. The first-order valence-corrected chi connectivity index (χ1v) is 24.4. The molecule has 6 rings (SSSR count). The minimum atomic E-state index is -1.65. The van der Waals surface area contributed by atoms with Crippen molar-refractivity contribution >= 4 is 44.0 Å². The standard InChI is InChI=1S/2C15H11.C2H6Si.2ClH.Zr/c2*1-2-5-12(6-3-1)15-10-9-13-7-4-8-14(13)11-15;1-3-2;;;/h2*1-11H;1-2H3;2*1H;/q2*-1;;;;+2/p-2. The Morgan fingerprint density at radius 3 is 1.28 bits per heavy atom. The first kappa shape index (κ1) is 26.8. The molecule has 0 aliphatic rings. The van der Waals surface area contributed by atoms with Gasteiger partial charge in [0.2, 0.25) is 0 Å². The molecule has 0 atom stereocenters. The minimum absolute atomic E-state index is 0.224. The molecular formula is C32H28Cl2SiZr-2. The Hall–Kier alpha value is -2.22. The van der Waals surface area contributed by atoms with Crippen LogP contribution < -0.4 is 0 Å². The van der Waals surface area contributed by atoms with E-state index in [0.717, 1.165) is 0 Å². The molecule has 0 aliphatic heterocycles. The van der Waals surface area contributed by atoms with Gasteiger partial charge in [-0.2, -0.15) is 24.3 Å². The van der Waals surface area contributed by atoms with Gasteiger partial charge in [-0.1, -0.05) is 83.9 Å². The topological polar surface area (TPSA) is 0 Å². The first-order valence-electron chi connectivity index (χ1n) is 11.9. The smallest absolute Gasteiger partial charge is 0.0277 e. The molecule has 0 aliphatic carbocycles.